The lowest BCUT2D eigenvalue weighted by Gasteiger charge is -2.26. The number of hydrogen-bond donors (Lipinski definition) is 1. The van der Waals surface area contributed by atoms with Crippen LogP contribution in [0.5, 0.6) is 0 Å². The molecule has 1 saturated heterocycles. The SMILES string of the molecule is O=C1C[C@@H](N(C(=O)c2cc3c(F)cccc3s2)C2CC2)C(=O)N1. The molecule has 118 valence electrons. The van der Waals surface area contributed by atoms with Crippen LogP contribution < -0.4 is 5.32 Å². The molecular formula is C16H13FN2O3S. The molecule has 1 saturated carbocycles. The van der Waals surface area contributed by atoms with Crippen molar-refractivity contribution in [1.29, 1.82) is 0 Å². The van der Waals surface area contributed by atoms with Crippen LogP contribution in [0.2, 0.25) is 0 Å². The van der Waals surface area contributed by atoms with Crippen molar-refractivity contribution in [1.82, 2.24) is 10.2 Å². The highest BCUT2D eigenvalue weighted by Gasteiger charge is 2.45. The molecule has 0 spiro atoms. The van der Waals surface area contributed by atoms with Gasteiger partial charge in [-0.05, 0) is 31.0 Å². The number of hydrogen-bond acceptors (Lipinski definition) is 4. The van der Waals surface area contributed by atoms with E-state index >= 15 is 0 Å². The predicted molar refractivity (Wildman–Crippen MR) is 82.5 cm³/mol. The molecule has 3 amide bonds. The van der Waals surface area contributed by atoms with Crippen LogP contribution in [0.4, 0.5) is 4.39 Å². The summed E-state index contributed by atoms with van der Waals surface area (Å²) in [4.78, 5) is 38.1. The summed E-state index contributed by atoms with van der Waals surface area (Å²) in [5.74, 6) is -1.46. The van der Waals surface area contributed by atoms with E-state index in [4.69, 9.17) is 0 Å². The number of amides is 3. The molecule has 4 rings (SSSR count). The fourth-order valence-corrected chi connectivity index (χ4v) is 3.96. The zero-order valence-corrected chi connectivity index (χ0v) is 12.9. The summed E-state index contributed by atoms with van der Waals surface area (Å²) in [6.07, 6.45) is 1.65. The van der Waals surface area contributed by atoms with Gasteiger partial charge in [-0.25, -0.2) is 4.39 Å². The number of carbonyl (C=O) groups excluding carboxylic acids is 3. The Balaban J connectivity index is 1.71. The lowest BCUT2D eigenvalue weighted by molar-refractivity contribution is -0.126. The van der Waals surface area contributed by atoms with E-state index in [1.54, 1.807) is 12.1 Å². The first-order chi connectivity index (χ1) is 11.0. The van der Waals surface area contributed by atoms with Crippen LogP contribution in [-0.4, -0.2) is 34.7 Å². The summed E-state index contributed by atoms with van der Waals surface area (Å²) in [6.45, 7) is 0. The summed E-state index contributed by atoms with van der Waals surface area (Å²) >= 11 is 1.21. The Labute approximate surface area is 135 Å². The zero-order valence-electron chi connectivity index (χ0n) is 12.0. The van der Waals surface area contributed by atoms with Gasteiger partial charge in [-0.2, -0.15) is 0 Å². The topological polar surface area (TPSA) is 66.5 Å². The van der Waals surface area contributed by atoms with Crippen molar-refractivity contribution >= 4 is 39.1 Å². The highest BCUT2D eigenvalue weighted by Crippen LogP contribution is 2.35. The number of nitrogens with zero attached hydrogens (tertiary/aromatic N) is 1. The standard InChI is InChI=1S/C16H13FN2O3S/c17-10-2-1-3-12-9(10)6-13(23-12)16(22)19(8-4-5-8)11-7-14(20)18-15(11)21/h1-3,6,8,11H,4-5,7H2,(H,18,20,21)/t11-/m1/s1. The molecule has 1 atom stereocenters. The largest absolute Gasteiger partial charge is 0.322 e. The third-order valence-corrected chi connectivity index (χ3v) is 5.26. The van der Waals surface area contributed by atoms with Crippen molar-refractivity contribution in [3.05, 3.63) is 35.0 Å². The number of benzene rings is 1. The molecule has 23 heavy (non-hydrogen) atoms. The second kappa shape index (κ2) is 5.13. The molecule has 1 N–H and O–H groups in total. The minimum atomic E-state index is -0.752. The fourth-order valence-electron chi connectivity index (χ4n) is 2.94. The van der Waals surface area contributed by atoms with Crippen molar-refractivity contribution < 1.29 is 18.8 Å². The molecule has 0 unspecified atom stereocenters. The van der Waals surface area contributed by atoms with Crippen LogP contribution in [0.3, 0.4) is 0 Å². The summed E-state index contributed by atoms with van der Waals surface area (Å²) in [7, 11) is 0. The van der Waals surface area contributed by atoms with E-state index in [0.717, 1.165) is 12.8 Å². The van der Waals surface area contributed by atoms with Crippen molar-refractivity contribution in [3.8, 4) is 0 Å². The minimum absolute atomic E-state index is 0.000327. The Morgan fingerprint density at radius 3 is 2.70 bits per heavy atom. The first-order valence-corrected chi connectivity index (χ1v) is 8.20. The van der Waals surface area contributed by atoms with E-state index in [2.05, 4.69) is 5.32 Å². The number of halogens is 1. The van der Waals surface area contributed by atoms with Crippen molar-refractivity contribution in [3.63, 3.8) is 0 Å². The maximum atomic E-state index is 13.8. The number of thiophene rings is 1. The summed E-state index contributed by atoms with van der Waals surface area (Å²) in [5.41, 5.74) is 0. The molecule has 1 aromatic carbocycles. The highest BCUT2D eigenvalue weighted by molar-refractivity contribution is 7.20. The van der Waals surface area contributed by atoms with E-state index in [9.17, 15) is 18.8 Å². The van der Waals surface area contributed by atoms with Gasteiger partial charge in [0.1, 0.15) is 11.9 Å². The van der Waals surface area contributed by atoms with Gasteiger partial charge in [0.25, 0.3) is 5.91 Å². The molecule has 2 heterocycles. The average Bonchev–Trinajstić information content (AvgIpc) is 3.14. The zero-order chi connectivity index (χ0) is 16.1. The molecule has 2 aliphatic rings. The second-order valence-electron chi connectivity index (χ2n) is 5.84. The summed E-state index contributed by atoms with van der Waals surface area (Å²) in [6, 6.07) is 5.47. The molecule has 7 heteroatoms. The Bertz CT molecular complexity index is 843. The van der Waals surface area contributed by atoms with Gasteiger partial charge >= 0.3 is 0 Å². The van der Waals surface area contributed by atoms with Crippen molar-refractivity contribution in [2.75, 3.05) is 0 Å². The molecule has 0 radical (unpaired) electrons. The lowest BCUT2D eigenvalue weighted by Crippen LogP contribution is -2.45. The molecule has 1 aliphatic heterocycles. The number of rotatable bonds is 3. The third kappa shape index (κ3) is 2.41. The maximum absolute atomic E-state index is 13.8. The number of nitrogens with one attached hydrogen (secondary N) is 1. The third-order valence-electron chi connectivity index (χ3n) is 4.17. The van der Waals surface area contributed by atoms with Crippen LogP contribution in [-0.2, 0) is 9.59 Å². The number of fused-ring (bicyclic) bond motifs is 1. The van der Waals surface area contributed by atoms with E-state index in [0.29, 0.717) is 15.0 Å². The van der Waals surface area contributed by atoms with E-state index < -0.39 is 11.9 Å². The quantitative estimate of drug-likeness (QED) is 0.875. The van der Waals surface area contributed by atoms with Crippen LogP contribution in [0.25, 0.3) is 10.1 Å². The normalized spacial score (nSPS) is 20.8. The molecule has 1 aromatic heterocycles. The van der Waals surface area contributed by atoms with Crippen LogP contribution >= 0.6 is 11.3 Å². The van der Waals surface area contributed by atoms with Gasteiger partial charge in [0.2, 0.25) is 11.8 Å². The van der Waals surface area contributed by atoms with Crippen molar-refractivity contribution in [2.45, 2.75) is 31.3 Å². The Morgan fingerprint density at radius 2 is 2.09 bits per heavy atom. The maximum Gasteiger partial charge on any atom is 0.264 e. The number of imide groups is 1. The second-order valence-corrected chi connectivity index (χ2v) is 6.92. The first kappa shape index (κ1) is 14.3. The van der Waals surface area contributed by atoms with Gasteiger partial charge in [-0.3, -0.25) is 19.7 Å². The minimum Gasteiger partial charge on any atom is -0.322 e. The molecule has 5 nitrogen and oxygen atoms in total. The Hall–Kier alpha value is -2.28. The smallest absolute Gasteiger partial charge is 0.264 e. The van der Waals surface area contributed by atoms with Gasteiger partial charge in [0.15, 0.2) is 0 Å². The van der Waals surface area contributed by atoms with Gasteiger partial charge < -0.3 is 4.90 Å². The van der Waals surface area contributed by atoms with Gasteiger partial charge in [-0.1, -0.05) is 6.07 Å². The van der Waals surface area contributed by atoms with Crippen LogP contribution in [0, 0.1) is 5.82 Å². The summed E-state index contributed by atoms with van der Waals surface area (Å²) < 4.78 is 14.5. The molecule has 2 fully saturated rings. The van der Waals surface area contributed by atoms with Crippen molar-refractivity contribution in [2.24, 2.45) is 0 Å². The Morgan fingerprint density at radius 1 is 1.30 bits per heavy atom. The molecule has 0 bridgehead atoms. The Kier molecular flexibility index (Phi) is 3.19. The van der Waals surface area contributed by atoms with Gasteiger partial charge in [-0.15, -0.1) is 11.3 Å². The summed E-state index contributed by atoms with van der Waals surface area (Å²) in [5, 5.41) is 2.65. The fraction of sp³-hybridized carbons (Fsp3) is 0.312. The average molecular weight is 332 g/mol. The van der Waals surface area contributed by atoms with E-state index in [-0.39, 0.29) is 30.1 Å². The lowest BCUT2D eigenvalue weighted by atomic mass is 10.2. The molecule has 2 aromatic rings. The van der Waals surface area contributed by atoms with Gasteiger partial charge in [0.05, 0.1) is 11.3 Å². The highest BCUT2D eigenvalue weighted by atomic mass is 32.1. The number of carbonyl (C=O) groups is 3. The van der Waals surface area contributed by atoms with Crippen LogP contribution in [0.15, 0.2) is 24.3 Å². The van der Waals surface area contributed by atoms with E-state index in [1.807, 2.05) is 0 Å². The molecular weight excluding hydrogens is 319 g/mol. The molecule has 1 aliphatic carbocycles. The van der Waals surface area contributed by atoms with Crippen LogP contribution in [0.1, 0.15) is 28.9 Å². The van der Waals surface area contributed by atoms with E-state index in [1.165, 1.54) is 28.4 Å². The predicted octanol–water partition coefficient (Wildman–Crippen LogP) is 2.06. The monoisotopic (exact) mass is 332 g/mol. The van der Waals surface area contributed by atoms with Gasteiger partial charge in [0, 0.05) is 16.1 Å². The first-order valence-electron chi connectivity index (χ1n) is 7.39.